The van der Waals surface area contributed by atoms with Gasteiger partial charge in [-0.1, -0.05) is 78.4 Å². The molecule has 4 rings (SSSR count). The molecule has 0 aromatic heterocycles. The van der Waals surface area contributed by atoms with Crippen molar-refractivity contribution in [1.82, 2.24) is 9.80 Å². The molecule has 1 fully saturated rings. The van der Waals surface area contributed by atoms with E-state index in [2.05, 4.69) is 26.5 Å². The number of amides is 1. The van der Waals surface area contributed by atoms with Crippen LogP contribution in [0.3, 0.4) is 0 Å². The summed E-state index contributed by atoms with van der Waals surface area (Å²) in [6.45, 7) is 20.9. The maximum Gasteiger partial charge on any atom is 0.409 e. The number of carbonyl (C=O) groups is 2. The summed E-state index contributed by atoms with van der Waals surface area (Å²) in [5.74, 6) is 0.760. The Labute approximate surface area is 325 Å². The quantitative estimate of drug-likeness (QED) is 0.104. The first-order valence-electron chi connectivity index (χ1n) is 17.4. The van der Waals surface area contributed by atoms with E-state index in [1.807, 2.05) is 43.3 Å². The summed E-state index contributed by atoms with van der Waals surface area (Å²) in [7, 11) is 0. The number of ether oxygens (including phenoxy) is 1. The van der Waals surface area contributed by atoms with Crippen LogP contribution in [0.5, 0.6) is 0 Å². The number of carboxylic acid groups (broad SMARTS) is 1. The van der Waals surface area contributed by atoms with Crippen molar-refractivity contribution in [3.8, 4) is 18.2 Å². The molecule has 2 aromatic rings. The summed E-state index contributed by atoms with van der Waals surface area (Å²) >= 11 is 0. The number of carboxylic acids is 1. The Morgan fingerprint density at radius 2 is 1.46 bits per heavy atom. The summed E-state index contributed by atoms with van der Waals surface area (Å²) in [5.41, 5.74) is 4.45. The van der Waals surface area contributed by atoms with Gasteiger partial charge in [0.2, 0.25) is 0 Å². The first kappa shape index (κ1) is 40.8. The number of hydrogen-bond donors (Lipinski definition) is 0. The van der Waals surface area contributed by atoms with Gasteiger partial charge in [0.1, 0.15) is 0 Å². The average molecular weight is 739 g/mol. The molecule has 0 unspecified atom stereocenters. The Morgan fingerprint density at radius 1 is 0.875 bits per heavy atom. The average Bonchev–Trinajstić information content (AvgIpc) is 3.62. The molecule has 56 heavy (non-hydrogen) atoms. The molecule has 1 heterocycles. The van der Waals surface area contributed by atoms with E-state index >= 15 is 0 Å². The molecule has 0 bridgehead atoms. The molecule has 12 heteroatoms. The van der Waals surface area contributed by atoms with Crippen molar-refractivity contribution in [3.63, 3.8) is 0 Å². The number of aryl methyl sites for hydroxylation is 1. The zero-order valence-electron chi connectivity index (χ0n) is 30.7. The Morgan fingerprint density at radius 3 is 2.02 bits per heavy atom. The highest BCUT2D eigenvalue weighted by molar-refractivity contribution is 5.95. The minimum absolute atomic E-state index is 0.0186. The van der Waals surface area contributed by atoms with Crippen molar-refractivity contribution in [2.75, 3.05) is 32.8 Å². The SMILES string of the molecule is [C-]#[N+]/C(C#N)=C(\C(=C=[N-])/C=C/C=C1\CCC(/C=C/C=C(C#N)/C(=C(\C#N)[N+]#[C-])c2ccc(C(=O)[O-])cc2)=C1N1CCN(C(=O)OCC)CC1)c1ccc(C)cc1. The van der Waals surface area contributed by atoms with Crippen LogP contribution in [0, 0.1) is 54.1 Å². The summed E-state index contributed by atoms with van der Waals surface area (Å²) < 4.78 is 5.20. The molecule has 1 aliphatic carbocycles. The maximum absolute atomic E-state index is 12.4. The van der Waals surface area contributed by atoms with Gasteiger partial charge in [0.15, 0.2) is 0 Å². The fraction of sp³-hybridized carbons (Fsp3) is 0.205. The second-order valence-electron chi connectivity index (χ2n) is 12.3. The molecular formula is C44H34N8O4-2. The van der Waals surface area contributed by atoms with E-state index in [-0.39, 0.29) is 52.0 Å². The molecule has 0 spiro atoms. The predicted molar refractivity (Wildman–Crippen MR) is 209 cm³/mol. The molecule has 2 aromatic carbocycles. The highest BCUT2D eigenvalue weighted by Crippen LogP contribution is 2.36. The van der Waals surface area contributed by atoms with E-state index in [1.165, 1.54) is 30.3 Å². The molecule has 0 atom stereocenters. The van der Waals surface area contributed by atoms with Gasteiger partial charge < -0.3 is 29.8 Å². The standard InChI is InChI=1S/C44H35N8O4/c1-5-56-44(55)52-24-22-51(23-25-52)42-33(8-6-10-36(26-45)40(38(28-47)49-3)31-14-12-30(2)13-15-31)18-19-34(42)9-7-11-37(27-46)41(39(29-48)50-4)32-16-20-35(21-17-32)43(53)54/h6-17,20-21H,5,18-19,22-25H2,1-2H3,(H,53,54)/q-1/p-1/b9-7+,10-6+,33-8+,37-11+,40-38-,41-39+. The summed E-state index contributed by atoms with van der Waals surface area (Å²) in [4.78, 5) is 34.2. The van der Waals surface area contributed by atoms with Crippen LogP contribution in [0.1, 0.15) is 46.8 Å². The molecular weight excluding hydrogens is 705 g/mol. The van der Waals surface area contributed by atoms with Crippen molar-refractivity contribution in [3.05, 3.63) is 175 Å². The lowest BCUT2D eigenvalue weighted by atomic mass is 9.95. The van der Waals surface area contributed by atoms with Gasteiger partial charge in [-0.3, -0.25) is 5.87 Å². The van der Waals surface area contributed by atoms with Crippen LogP contribution in [-0.4, -0.2) is 60.5 Å². The van der Waals surface area contributed by atoms with Crippen LogP contribution in [0.4, 0.5) is 4.79 Å². The van der Waals surface area contributed by atoms with E-state index in [9.17, 15) is 35.9 Å². The van der Waals surface area contributed by atoms with Gasteiger partial charge in [0, 0.05) is 43.0 Å². The first-order chi connectivity index (χ1) is 27.1. The van der Waals surface area contributed by atoms with Crippen LogP contribution in [-0.2, 0) is 4.74 Å². The van der Waals surface area contributed by atoms with E-state index in [0.29, 0.717) is 50.1 Å². The molecule has 0 N–H and O–H groups in total. The van der Waals surface area contributed by atoms with Crippen LogP contribution >= 0.6 is 0 Å². The van der Waals surface area contributed by atoms with Crippen LogP contribution in [0.25, 0.3) is 26.2 Å². The molecule has 12 nitrogen and oxygen atoms in total. The zero-order chi connectivity index (χ0) is 40.6. The number of nitriles is 3. The normalized spacial score (nSPS) is 15.9. The highest BCUT2D eigenvalue weighted by atomic mass is 16.6. The Balaban J connectivity index is 1.76. The van der Waals surface area contributed by atoms with E-state index in [0.717, 1.165) is 22.4 Å². The zero-order valence-corrected chi connectivity index (χ0v) is 30.7. The van der Waals surface area contributed by atoms with Crippen molar-refractivity contribution < 1.29 is 19.4 Å². The lowest BCUT2D eigenvalue weighted by Gasteiger charge is -2.37. The number of allylic oxidation sites excluding steroid dienone is 14. The number of carbonyl (C=O) groups excluding carboxylic acids is 2. The van der Waals surface area contributed by atoms with Crippen molar-refractivity contribution in [2.45, 2.75) is 26.7 Å². The van der Waals surface area contributed by atoms with E-state index in [4.69, 9.17) is 17.9 Å². The van der Waals surface area contributed by atoms with Crippen LogP contribution in [0.15, 0.2) is 124 Å². The number of benzene rings is 2. The van der Waals surface area contributed by atoms with Gasteiger partial charge in [-0.25, -0.2) is 25.0 Å². The molecule has 1 amide bonds. The van der Waals surface area contributed by atoms with E-state index in [1.54, 1.807) is 42.2 Å². The van der Waals surface area contributed by atoms with Gasteiger partial charge in [-0.2, -0.15) is 5.26 Å². The molecule has 0 saturated carbocycles. The molecule has 0 radical (unpaired) electrons. The summed E-state index contributed by atoms with van der Waals surface area (Å²) in [6.07, 6.45) is 11.0. The van der Waals surface area contributed by atoms with Crippen LogP contribution < -0.4 is 5.11 Å². The number of aromatic carboxylic acids is 1. The molecule has 1 aliphatic heterocycles. The van der Waals surface area contributed by atoms with Gasteiger partial charge in [-0.15, -0.1) is 0 Å². The molecule has 1 saturated heterocycles. The fourth-order valence-corrected chi connectivity index (χ4v) is 6.25. The van der Waals surface area contributed by atoms with Gasteiger partial charge in [0.05, 0.1) is 49.5 Å². The Bertz CT molecular complexity index is 2350. The Kier molecular flexibility index (Phi) is 14.4. The second kappa shape index (κ2) is 19.8. The molecule has 276 valence electrons. The summed E-state index contributed by atoms with van der Waals surface area (Å²) in [6, 6.07) is 18.4. The number of hydrogen-bond acceptors (Lipinski definition) is 8. The third-order valence-corrected chi connectivity index (χ3v) is 8.95. The largest absolute Gasteiger partial charge is 0.763 e. The maximum atomic E-state index is 12.4. The fourth-order valence-electron chi connectivity index (χ4n) is 6.25. The lowest BCUT2D eigenvalue weighted by molar-refractivity contribution is -0.255. The predicted octanol–water partition coefficient (Wildman–Crippen LogP) is 6.84. The van der Waals surface area contributed by atoms with Gasteiger partial charge in [-0.05, 0) is 72.3 Å². The minimum atomic E-state index is -1.39. The second-order valence-corrected chi connectivity index (χ2v) is 12.3. The summed E-state index contributed by atoms with van der Waals surface area (Å²) in [5, 5.41) is 51.0. The van der Waals surface area contributed by atoms with E-state index < -0.39 is 5.97 Å². The highest BCUT2D eigenvalue weighted by Gasteiger charge is 2.28. The van der Waals surface area contributed by atoms with Gasteiger partial charge in [0.25, 0.3) is 11.4 Å². The minimum Gasteiger partial charge on any atom is -0.763 e. The van der Waals surface area contributed by atoms with Gasteiger partial charge >= 0.3 is 6.09 Å². The third-order valence-electron chi connectivity index (χ3n) is 8.95. The number of nitrogens with zero attached hydrogens (tertiary/aromatic N) is 8. The topological polar surface area (TPSA) is 175 Å². The number of rotatable bonds is 11. The lowest BCUT2D eigenvalue weighted by Crippen LogP contribution is -2.48. The number of piperazine rings is 1. The Hall–Kier alpha value is -7.94. The monoisotopic (exact) mass is 738 g/mol. The first-order valence-corrected chi connectivity index (χ1v) is 17.4. The third kappa shape index (κ3) is 9.73. The van der Waals surface area contributed by atoms with Crippen molar-refractivity contribution >= 4 is 29.1 Å². The van der Waals surface area contributed by atoms with Crippen molar-refractivity contribution in [1.29, 1.82) is 15.8 Å². The smallest absolute Gasteiger partial charge is 0.409 e. The molecule has 2 aliphatic rings. The van der Waals surface area contributed by atoms with Crippen molar-refractivity contribution in [2.24, 2.45) is 0 Å². The van der Waals surface area contributed by atoms with Crippen LogP contribution in [0.2, 0.25) is 0 Å².